The van der Waals surface area contributed by atoms with Gasteiger partial charge in [0.1, 0.15) is 11.6 Å². The Morgan fingerprint density at radius 2 is 2.21 bits per heavy atom. The van der Waals surface area contributed by atoms with Crippen molar-refractivity contribution in [2.24, 2.45) is 10.4 Å². The summed E-state index contributed by atoms with van der Waals surface area (Å²) in [5, 5.41) is 13.7. The van der Waals surface area contributed by atoms with Crippen LogP contribution in [0.25, 0.3) is 11.4 Å². The van der Waals surface area contributed by atoms with E-state index in [1.807, 2.05) is 24.3 Å². The van der Waals surface area contributed by atoms with Crippen LogP contribution in [0.15, 0.2) is 29.3 Å². The van der Waals surface area contributed by atoms with Crippen LogP contribution in [0.3, 0.4) is 0 Å². The first-order valence-electron chi connectivity index (χ1n) is 9.89. The molecule has 3 heterocycles. The number of H-pyrrole nitrogens is 1. The van der Waals surface area contributed by atoms with Crippen LogP contribution in [0.1, 0.15) is 25.1 Å². The summed E-state index contributed by atoms with van der Waals surface area (Å²) in [4.78, 5) is 23.0. The Morgan fingerprint density at radius 3 is 2.90 bits per heavy atom. The number of guanidine groups is 1. The Bertz CT molecular complexity index is 892. The third-order valence-corrected chi connectivity index (χ3v) is 5.66. The van der Waals surface area contributed by atoms with Crippen molar-refractivity contribution in [1.82, 2.24) is 30.7 Å². The number of nitrogens with one attached hydrogen (secondary N) is 3. The second-order valence-corrected chi connectivity index (χ2v) is 7.71. The molecule has 0 radical (unpaired) electrons. The Balaban J connectivity index is 1.37. The van der Waals surface area contributed by atoms with Gasteiger partial charge < -0.3 is 20.3 Å². The molecule has 2 fully saturated rings. The number of amides is 1. The molecule has 29 heavy (non-hydrogen) atoms. The summed E-state index contributed by atoms with van der Waals surface area (Å²) in [6.45, 7) is 3.02. The van der Waals surface area contributed by atoms with Crippen LogP contribution in [0, 0.1) is 5.41 Å². The molecule has 2 aromatic rings. The number of likely N-dealkylation sites (tertiary alicyclic amines) is 1. The van der Waals surface area contributed by atoms with E-state index in [1.165, 1.54) is 0 Å². The van der Waals surface area contributed by atoms with Crippen LogP contribution >= 0.6 is 0 Å². The normalized spacial score (nSPS) is 22.1. The second-order valence-electron chi connectivity index (χ2n) is 7.71. The van der Waals surface area contributed by atoms with Crippen molar-refractivity contribution in [2.75, 3.05) is 33.8 Å². The summed E-state index contributed by atoms with van der Waals surface area (Å²) in [5.41, 5.74) is 0.954. The lowest BCUT2D eigenvalue weighted by atomic mass is 9.79. The zero-order valence-electron chi connectivity index (χ0n) is 16.9. The number of benzene rings is 1. The molecule has 2 aliphatic rings. The van der Waals surface area contributed by atoms with Crippen LogP contribution in [0.5, 0.6) is 5.75 Å². The van der Waals surface area contributed by atoms with Crippen molar-refractivity contribution in [2.45, 2.75) is 25.8 Å². The fourth-order valence-electron chi connectivity index (χ4n) is 4.17. The molecular formula is C20H27N7O2. The van der Waals surface area contributed by atoms with Gasteiger partial charge in [0.2, 0.25) is 5.91 Å². The van der Waals surface area contributed by atoms with Crippen LogP contribution in [0.4, 0.5) is 0 Å². The lowest BCUT2D eigenvalue weighted by molar-refractivity contribution is -0.119. The van der Waals surface area contributed by atoms with Gasteiger partial charge in [0.15, 0.2) is 11.8 Å². The zero-order chi connectivity index (χ0) is 20.3. The van der Waals surface area contributed by atoms with Gasteiger partial charge in [-0.15, -0.1) is 0 Å². The predicted octanol–water partition coefficient (Wildman–Crippen LogP) is 1.16. The molecule has 4 rings (SSSR count). The third kappa shape index (κ3) is 4.18. The number of ether oxygens (including phenoxy) is 1. The highest BCUT2D eigenvalue weighted by atomic mass is 16.5. The number of aromatic amines is 1. The number of rotatable bonds is 4. The molecule has 1 aromatic carbocycles. The number of piperidine rings is 1. The molecule has 0 aliphatic carbocycles. The highest BCUT2D eigenvalue weighted by molar-refractivity contribution is 5.81. The fraction of sp³-hybridized carbons (Fsp3) is 0.500. The molecule has 2 saturated heterocycles. The quantitative estimate of drug-likeness (QED) is 0.528. The third-order valence-electron chi connectivity index (χ3n) is 5.66. The maximum Gasteiger partial charge on any atom is 0.220 e. The SMILES string of the molecule is CN=C(NCc1nc(-c2ccc(OC)cc2)n[nH]1)N1CCCC2(CNC(=O)C2)C1. The Hall–Kier alpha value is -3.10. The van der Waals surface area contributed by atoms with E-state index in [2.05, 4.69) is 35.7 Å². The standard InChI is InChI=1S/C20H27N7O2/c1-21-19(27-9-3-8-20(13-27)10-17(28)23-12-20)22-11-16-24-18(26-25-16)14-4-6-15(29-2)7-5-14/h4-7H,3,8-13H2,1-2H3,(H,21,22)(H,23,28)(H,24,25,26). The van der Waals surface area contributed by atoms with Gasteiger partial charge in [-0.05, 0) is 37.1 Å². The largest absolute Gasteiger partial charge is 0.497 e. The molecule has 0 saturated carbocycles. The van der Waals surface area contributed by atoms with Crippen molar-refractivity contribution in [3.05, 3.63) is 30.1 Å². The van der Waals surface area contributed by atoms with E-state index in [0.717, 1.165) is 55.6 Å². The Morgan fingerprint density at radius 1 is 1.38 bits per heavy atom. The summed E-state index contributed by atoms with van der Waals surface area (Å²) in [7, 11) is 3.43. The van der Waals surface area contributed by atoms with Gasteiger partial charge in [0.05, 0.1) is 13.7 Å². The van der Waals surface area contributed by atoms with Crippen molar-refractivity contribution in [3.63, 3.8) is 0 Å². The summed E-state index contributed by atoms with van der Waals surface area (Å²) in [6, 6.07) is 7.64. The number of aliphatic imine (C=N–C) groups is 1. The molecule has 1 spiro atoms. The van der Waals surface area contributed by atoms with Gasteiger partial charge in [0.25, 0.3) is 0 Å². The highest BCUT2D eigenvalue weighted by Gasteiger charge is 2.42. The molecule has 9 nitrogen and oxygen atoms in total. The van der Waals surface area contributed by atoms with Crippen LogP contribution in [-0.4, -0.2) is 65.7 Å². The average Bonchev–Trinajstić information content (AvgIpc) is 3.36. The molecular weight excluding hydrogens is 370 g/mol. The molecule has 9 heteroatoms. The molecule has 1 atom stereocenters. The van der Waals surface area contributed by atoms with Crippen LogP contribution < -0.4 is 15.4 Å². The van der Waals surface area contributed by atoms with E-state index in [1.54, 1.807) is 14.2 Å². The van der Waals surface area contributed by atoms with E-state index < -0.39 is 0 Å². The number of carbonyl (C=O) groups is 1. The fourth-order valence-corrected chi connectivity index (χ4v) is 4.17. The maximum absolute atomic E-state index is 11.7. The van der Waals surface area contributed by atoms with E-state index in [-0.39, 0.29) is 11.3 Å². The first-order chi connectivity index (χ1) is 14.1. The topological polar surface area (TPSA) is 108 Å². The van der Waals surface area contributed by atoms with Crippen molar-refractivity contribution in [1.29, 1.82) is 0 Å². The Kier molecular flexibility index (Phi) is 5.37. The first kappa shape index (κ1) is 19.2. The second kappa shape index (κ2) is 8.10. The summed E-state index contributed by atoms with van der Waals surface area (Å²) in [6.07, 6.45) is 2.74. The van der Waals surface area contributed by atoms with Crippen LogP contribution in [0.2, 0.25) is 0 Å². The first-order valence-corrected chi connectivity index (χ1v) is 9.89. The van der Waals surface area contributed by atoms with Gasteiger partial charge in [-0.1, -0.05) is 0 Å². The minimum atomic E-state index is 0.0285. The number of hydrogen-bond donors (Lipinski definition) is 3. The number of nitrogens with zero attached hydrogens (tertiary/aromatic N) is 4. The summed E-state index contributed by atoms with van der Waals surface area (Å²) in [5.74, 6) is 3.16. The minimum absolute atomic E-state index is 0.0285. The molecule has 2 aliphatic heterocycles. The van der Waals surface area contributed by atoms with E-state index in [9.17, 15) is 4.79 Å². The van der Waals surface area contributed by atoms with Gasteiger partial charge in [-0.25, -0.2) is 4.98 Å². The van der Waals surface area contributed by atoms with Crippen molar-refractivity contribution in [3.8, 4) is 17.1 Å². The van der Waals surface area contributed by atoms with Crippen molar-refractivity contribution >= 4 is 11.9 Å². The smallest absolute Gasteiger partial charge is 0.220 e. The number of aromatic nitrogens is 3. The minimum Gasteiger partial charge on any atom is -0.497 e. The molecule has 154 valence electrons. The average molecular weight is 397 g/mol. The highest BCUT2D eigenvalue weighted by Crippen LogP contribution is 2.36. The van der Waals surface area contributed by atoms with Gasteiger partial charge in [0, 0.05) is 44.1 Å². The molecule has 0 bridgehead atoms. The monoisotopic (exact) mass is 397 g/mol. The lowest BCUT2D eigenvalue weighted by Gasteiger charge is -2.40. The van der Waals surface area contributed by atoms with E-state index in [0.29, 0.717) is 18.8 Å². The van der Waals surface area contributed by atoms with Gasteiger partial charge in [-0.3, -0.25) is 14.9 Å². The molecule has 1 aromatic heterocycles. The van der Waals surface area contributed by atoms with E-state index >= 15 is 0 Å². The molecule has 3 N–H and O–H groups in total. The number of carbonyl (C=O) groups excluding carboxylic acids is 1. The number of methoxy groups -OCH3 is 1. The van der Waals surface area contributed by atoms with Gasteiger partial charge in [-0.2, -0.15) is 5.10 Å². The van der Waals surface area contributed by atoms with E-state index in [4.69, 9.17) is 4.74 Å². The van der Waals surface area contributed by atoms with Crippen molar-refractivity contribution < 1.29 is 9.53 Å². The predicted molar refractivity (Wildman–Crippen MR) is 109 cm³/mol. The van der Waals surface area contributed by atoms with Crippen LogP contribution in [-0.2, 0) is 11.3 Å². The van der Waals surface area contributed by atoms with Gasteiger partial charge >= 0.3 is 0 Å². The maximum atomic E-state index is 11.7. The summed E-state index contributed by atoms with van der Waals surface area (Å²) >= 11 is 0. The summed E-state index contributed by atoms with van der Waals surface area (Å²) < 4.78 is 5.19. The molecule has 1 amide bonds. The lowest BCUT2D eigenvalue weighted by Crippen LogP contribution is -2.51. The Labute approximate surface area is 170 Å². The zero-order valence-corrected chi connectivity index (χ0v) is 16.9. The number of hydrogen-bond acceptors (Lipinski definition) is 5. The molecule has 1 unspecified atom stereocenters.